The fourth-order valence-electron chi connectivity index (χ4n) is 2.85. The van der Waals surface area contributed by atoms with E-state index in [0.717, 1.165) is 18.8 Å². The topological polar surface area (TPSA) is 45.7 Å². The van der Waals surface area contributed by atoms with E-state index in [0.29, 0.717) is 32.0 Å². The van der Waals surface area contributed by atoms with Gasteiger partial charge in [0.1, 0.15) is 5.69 Å². The Morgan fingerprint density at radius 3 is 2.67 bits per heavy atom. The van der Waals surface area contributed by atoms with Gasteiger partial charge in [0.05, 0.1) is 13.2 Å². The monoisotopic (exact) mass is 325 g/mol. The van der Waals surface area contributed by atoms with Crippen LogP contribution in [0.15, 0.2) is 48.7 Å². The van der Waals surface area contributed by atoms with E-state index in [-0.39, 0.29) is 5.91 Å². The van der Waals surface area contributed by atoms with Crippen molar-refractivity contribution in [3.63, 3.8) is 0 Å². The molecule has 1 aliphatic heterocycles. The fourth-order valence-corrected chi connectivity index (χ4v) is 2.85. The van der Waals surface area contributed by atoms with Crippen LogP contribution in [0.5, 0.6) is 0 Å². The van der Waals surface area contributed by atoms with Crippen molar-refractivity contribution in [2.45, 2.75) is 13.5 Å². The molecule has 1 saturated heterocycles. The number of benzene rings is 1. The van der Waals surface area contributed by atoms with Gasteiger partial charge >= 0.3 is 0 Å². The number of pyridine rings is 1. The van der Waals surface area contributed by atoms with Gasteiger partial charge in [0.2, 0.25) is 0 Å². The molecule has 2 aromatic rings. The minimum atomic E-state index is -0.0177. The molecule has 24 heavy (non-hydrogen) atoms. The lowest BCUT2D eigenvalue weighted by atomic mass is 10.2. The van der Waals surface area contributed by atoms with Crippen LogP contribution in [0.1, 0.15) is 23.0 Å². The Kier molecular flexibility index (Phi) is 5.43. The van der Waals surface area contributed by atoms with Gasteiger partial charge in [-0.25, -0.2) is 0 Å². The molecule has 1 amide bonds. The fraction of sp³-hybridized carbons (Fsp3) is 0.368. The van der Waals surface area contributed by atoms with Crippen molar-refractivity contribution in [3.8, 4) is 0 Å². The van der Waals surface area contributed by atoms with Crippen molar-refractivity contribution in [1.29, 1.82) is 0 Å². The molecule has 0 saturated carbocycles. The molecule has 0 aliphatic carbocycles. The summed E-state index contributed by atoms with van der Waals surface area (Å²) in [5, 5.41) is 0. The zero-order chi connectivity index (χ0) is 16.8. The highest BCUT2D eigenvalue weighted by Gasteiger charge is 2.20. The predicted octanol–water partition coefficient (Wildman–Crippen LogP) is 2.58. The summed E-state index contributed by atoms with van der Waals surface area (Å²) in [6.45, 7) is 6.25. The molecule has 3 rings (SSSR count). The first-order valence-corrected chi connectivity index (χ1v) is 8.40. The molecule has 1 aliphatic rings. The first-order chi connectivity index (χ1) is 11.8. The summed E-state index contributed by atoms with van der Waals surface area (Å²) < 4.78 is 5.31. The number of hydrogen-bond donors (Lipinski definition) is 0. The van der Waals surface area contributed by atoms with Crippen LogP contribution in [0.4, 0.5) is 5.69 Å². The highest BCUT2D eigenvalue weighted by molar-refractivity contribution is 5.93. The Labute approximate surface area is 142 Å². The summed E-state index contributed by atoms with van der Waals surface area (Å²) in [7, 11) is 0. The summed E-state index contributed by atoms with van der Waals surface area (Å²) in [6, 6.07) is 14.2. The third kappa shape index (κ3) is 3.92. The summed E-state index contributed by atoms with van der Waals surface area (Å²) in [4.78, 5) is 20.9. The number of anilines is 1. The van der Waals surface area contributed by atoms with Gasteiger partial charge in [-0.05, 0) is 24.6 Å². The molecule has 5 nitrogen and oxygen atoms in total. The number of amides is 1. The standard InChI is InChI=1S/C19H23N3O2/c1-2-21(15-16-6-4-3-5-7-16)17-8-9-20-18(14-17)19(23)22-10-12-24-13-11-22/h3-9,14H,2,10-13,15H2,1H3. The minimum Gasteiger partial charge on any atom is -0.378 e. The molecule has 0 atom stereocenters. The average Bonchev–Trinajstić information content (AvgIpc) is 2.67. The summed E-state index contributed by atoms with van der Waals surface area (Å²) >= 11 is 0. The molecular formula is C19H23N3O2. The third-order valence-electron chi connectivity index (χ3n) is 4.22. The smallest absolute Gasteiger partial charge is 0.272 e. The number of ether oxygens (including phenoxy) is 1. The van der Waals surface area contributed by atoms with Crippen LogP contribution in [0.2, 0.25) is 0 Å². The Morgan fingerprint density at radius 1 is 1.21 bits per heavy atom. The molecule has 2 heterocycles. The summed E-state index contributed by atoms with van der Waals surface area (Å²) in [5.41, 5.74) is 2.77. The van der Waals surface area contributed by atoms with Gasteiger partial charge in [0.25, 0.3) is 5.91 Å². The third-order valence-corrected chi connectivity index (χ3v) is 4.22. The maximum absolute atomic E-state index is 12.6. The van der Waals surface area contributed by atoms with Crippen molar-refractivity contribution in [1.82, 2.24) is 9.88 Å². The Morgan fingerprint density at radius 2 is 1.96 bits per heavy atom. The zero-order valence-corrected chi connectivity index (χ0v) is 14.0. The van der Waals surface area contributed by atoms with E-state index >= 15 is 0 Å². The molecule has 0 unspecified atom stereocenters. The van der Waals surface area contributed by atoms with Crippen LogP contribution >= 0.6 is 0 Å². The second kappa shape index (κ2) is 7.93. The Bertz CT molecular complexity index is 669. The summed E-state index contributed by atoms with van der Waals surface area (Å²) in [6.07, 6.45) is 1.72. The van der Waals surface area contributed by atoms with E-state index in [1.54, 1.807) is 6.20 Å². The van der Waals surface area contributed by atoms with Crippen LogP contribution in [0.25, 0.3) is 0 Å². The van der Waals surface area contributed by atoms with Crippen LogP contribution in [0, 0.1) is 0 Å². The first-order valence-electron chi connectivity index (χ1n) is 8.40. The largest absolute Gasteiger partial charge is 0.378 e. The van der Waals surface area contributed by atoms with Crippen LogP contribution in [0.3, 0.4) is 0 Å². The number of rotatable bonds is 5. The zero-order valence-electron chi connectivity index (χ0n) is 14.0. The van der Waals surface area contributed by atoms with E-state index < -0.39 is 0 Å². The minimum absolute atomic E-state index is 0.0177. The second-order valence-electron chi connectivity index (χ2n) is 5.80. The molecular weight excluding hydrogens is 302 g/mol. The second-order valence-corrected chi connectivity index (χ2v) is 5.80. The molecule has 1 aromatic heterocycles. The number of hydrogen-bond acceptors (Lipinski definition) is 4. The molecule has 5 heteroatoms. The molecule has 1 fully saturated rings. The van der Waals surface area contributed by atoms with Gasteiger partial charge in [0, 0.05) is 38.1 Å². The number of morpholine rings is 1. The lowest BCUT2D eigenvalue weighted by Crippen LogP contribution is -2.41. The van der Waals surface area contributed by atoms with E-state index in [1.165, 1.54) is 5.56 Å². The van der Waals surface area contributed by atoms with Gasteiger partial charge < -0.3 is 14.5 Å². The maximum atomic E-state index is 12.6. The molecule has 0 N–H and O–H groups in total. The van der Waals surface area contributed by atoms with Crippen LogP contribution in [-0.2, 0) is 11.3 Å². The highest BCUT2D eigenvalue weighted by atomic mass is 16.5. The lowest BCUT2D eigenvalue weighted by molar-refractivity contribution is 0.0299. The quantitative estimate of drug-likeness (QED) is 0.848. The number of carbonyl (C=O) groups is 1. The van der Waals surface area contributed by atoms with Gasteiger partial charge in [-0.3, -0.25) is 9.78 Å². The molecule has 1 aromatic carbocycles. The van der Waals surface area contributed by atoms with Crippen LogP contribution < -0.4 is 4.90 Å². The van der Waals surface area contributed by atoms with Crippen molar-refractivity contribution in [2.24, 2.45) is 0 Å². The van der Waals surface area contributed by atoms with E-state index in [9.17, 15) is 4.79 Å². The molecule has 0 bridgehead atoms. The van der Waals surface area contributed by atoms with Gasteiger partial charge in [0.15, 0.2) is 0 Å². The van der Waals surface area contributed by atoms with Crippen molar-refractivity contribution < 1.29 is 9.53 Å². The van der Waals surface area contributed by atoms with E-state index in [4.69, 9.17) is 4.74 Å². The SMILES string of the molecule is CCN(Cc1ccccc1)c1ccnc(C(=O)N2CCOCC2)c1. The van der Waals surface area contributed by atoms with Crippen molar-refractivity contribution in [2.75, 3.05) is 37.7 Å². The van der Waals surface area contributed by atoms with E-state index in [2.05, 4.69) is 28.9 Å². The highest BCUT2D eigenvalue weighted by Crippen LogP contribution is 2.18. The molecule has 0 spiro atoms. The van der Waals surface area contributed by atoms with Gasteiger partial charge in [-0.1, -0.05) is 30.3 Å². The number of carbonyl (C=O) groups excluding carboxylic acids is 1. The van der Waals surface area contributed by atoms with Crippen molar-refractivity contribution in [3.05, 3.63) is 59.9 Å². The van der Waals surface area contributed by atoms with E-state index in [1.807, 2.05) is 35.2 Å². The molecule has 126 valence electrons. The normalized spacial score (nSPS) is 14.5. The predicted molar refractivity (Wildman–Crippen MR) is 94.1 cm³/mol. The number of aromatic nitrogens is 1. The van der Waals surface area contributed by atoms with Gasteiger partial charge in [-0.2, -0.15) is 0 Å². The maximum Gasteiger partial charge on any atom is 0.272 e. The Balaban J connectivity index is 1.76. The van der Waals surface area contributed by atoms with Crippen LogP contribution in [-0.4, -0.2) is 48.6 Å². The summed E-state index contributed by atoms with van der Waals surface area (Å²) in [5.74, 6) is -0.0177. The van der Waals surface area contributed by atoms with Gasteiger partial charge in [-0.15, -0.1) is 0 Å². The lowest BCUT2D eigenvalue weighted by Gasteiger charge is -2.27. The number of nitrogens with zero attached hydrogens (tertiary/aromatic N) is 3. The van der Waals surface area contributed by atoms with Crippen molar-refractivity contribution >= 4 is 11.6 Å². The molecule has 0 radical (unpaired) electrons. The average molecular weight is 325 g/mol. The first kappa shape index (κ1) is 16.5. The Hall–Kier alpha value is -2.40.